The van der Waals surface area contributed by atoms with Crippen molar-refractivity contribution in [2.24, 2.45) is 0 Å². The van der Waals surface area contributed by atoms with Crippen LogP contribution in [-0.2, 0) is 0 Å². The van der Waals surface area contributed by atoms with Crippen LogP contribution < -0.4 is 9.47 Å². The maximum absolute atomic E-state index is 12.0. The van der Waals surface area contributed by atoms with Crippen LogP contribution in [0.1, 0.15) is 44.0 Å². The fraction of sp³-hybridized carbons (Fsp3) is 0.533. The summed E-state index contributed by atoms with van der Waals surface area (Å²) < 4.78 is 10.9. The molecule has 0 aliphatic rings. The van der Waals surface area contributed by atoms with Gasteiger partial charge in [0.15, 0.2) is 17.3 Å². The highest BCUT2D eigenvalue weighted by molar-refractivity contribution is 5.99. The van der Waals surface area contributed by atoms with Crippen LogP contribution >= 0.6 is 0 Å². The summed E-state index contributed by atoms with van der Waals surface area (Å²) in [7, 11) is 0. The highest BCUT2D eigenvalue weighted by Crippen LogP contribution is 2.29. The Morgan fingerprint density at radius 1 is 1.16 bits per heavy atom. The number of ketones is 1. The Bertz CT molecular complexity index is 415. The lowest BCUT2D eigenvalue weighted by Crippen LogP contribution is -2.20. The van der Waals surface area contributed by atoms with Gasteiger partial charge in [0.1, 0.15) is 6.10 Å². The minimum atomic E-state index is -0.947. The molecule has 0 radical (unpaired) electrons. The van der Waals surface area contributed by atoms with E-state index < -0.39 is 6.10 Å². The average Bonchev–Trinajstić information content (AvgIpc) is 2.40. The SMILES string of the molecule is CCCC(O)C(=O)c1ccc(OCC)c(OCC)c1. The highest BCUT2D eigenvalue weighted by Gasteiger charge is 2.18. The van der Waals surface area contributed by atoms with Crippen molar-refractivity contribution in [1.82, 2.24) is 0 Å². The van der Waals surface area contributed by atoms with Crippen LogP contribution in [0.5, 0.6) is 11.5 Å². The van der Waals surface area contributed by atoms with E-state index in [-0.39, 0.29) is 5.78 Å². The average molecular weight is 266 g/mol. The van der Waals surface area contributed by atoms with Gasteiger partial charge in [-0.3, -0.25) is 4.79 Å². The first-order valence-corrected chi connectivity index (χ1v) is 6.75. The number of rotatable bonds is 8. The predicted octanol–water partition coefficient (Wildman–Crippen LogP) is 2.83. The summed E-state index contributed by atoms with van der Waals surface area (Å²) in [5.41, 5.74) is 0.452. The van der Waals surface area contributed by atoms with Crippen molar-refractivity contribution in [3.63, 3.8) is 0 Å². The first-order chi connectivity index (χ1) is 9.13. The molecular weight excluding hydrogens is 244 g/mol. The molecule has 0 heterocycles. The Hall–Kier alpha value is -1.55. The lowest BCUT2D eigenvalue weighted by molar-refractivity contribution is 0.0729. The lowest BCUT2D eigenvalue weighted by atomic mass is 10.0. The zero-order valence-electron chi connectivity index (χ0n) is 11.8. The van der Waals surface area contributed by atoms with E-state index in [2.05, 4.69) is 0 Å². The maximum atomic E-state index is 12.0. The molecule has 4 heteroatoms. The minimum Gasteiger partial charge on any atom is -0.490 e. The van der Waals surface area contributed by atoms with Crippen molar-refractivity contribution in [3.05, 3.63) is 23.8 Å². The molecule has 1 aromatic rings. The molecule has 0 aliphatic heterocycles. The smallest absolute Gasteiger partial charge is 0.191 e. The molecule has 1 atom stereocenters. The molecule has 19 heavy (non-hydrogen) atoms. The normalized spacial score (nSPS) is 12.0. The summed E-state index contributed by atoms with van der Waals surface area (Å²) in [6, 6.07) is 5.00. The number of benzene rings is 1. The van der Waals surface area contributed by atoms with Crippen LogP contribution in [0, 0.1) is 0 Å². The molecule has 106 valence electrons. The van der Waals surface area contributed by atoms with Crippen molar-refractivity contribution in [1.29, 1.82) is 0 Å². The largest absolute Gasteiger partial charge is 0.490 e. The van der Waals surface area contributed by atoms with Gasteiger partial charge in [-0.1, -0.05) is 13.3 Å². The number of carbonyl (C=O) groups is 1. The molecule has 0 aromatic heterocycles. The fourth-order valence-electron chi connectivity index (χ4n) is 1.80. The standard InChI is InChI=1S/C15H22O4/c1-4-7-12(16)15(17)11-8-9-13(18-5-2)14(10-11)19-6-3/h8-10,12,16H,4-7H2,1-3H3. The summed E-state index contributed by atoms with van der Waals surface area (Å²) in [5, 5.41) is 9.74. The summed E-state index contributed by atoms with van der Waals surface area (Å²) in [6.45, 7) is 6.72. The van der Waals surface area contributed by atoms with E-state index in [9.17, 15) is 9.90 Å². The van der Waals surface area contributed by atoms with Crippen LogP contribution in [0.25, 0.3) is 0 Å². The molecule has 0 aliphatic carbocycles. The third-order valence-electron chi connectivity index (χ3n) is 2.69. The van der Waals surface area contributed by atoms with E-state index in [4.69, 9.17) is 9.47 Å². The molecule has 4 nitrogen and oxygen atoms in total. The minimum absolute atomic E-state index is 0.272. The second-order valence-electron chi connectivity index (χ2n) is 4.20. The zero-order chi connectivity index (χ0) is 14.3. The molecule has 0 saturated carbocycles. The highest BCUT2D eigenvalue weighted by atomic mass is 16.5. The number of ether oxygens (including phenoxy) is 2. The molecular formula is C15H22O4. The quantitative estimate of drug-likeness (QED) is 0.735. The van der Waals surface area contributed by atoms with Gasteiger partial charge in [-0.25, -0.2) is 0 Å². The van der Waals surface area contributed by atoms with E-state index in [0.717, 1.165) is 6.42 Å². The van der Waals surface area contributed by atoms with Gasteiger partial charge >= 0.3 is 0 Å². The van der Waals surface area contributed by atoms with Crippen molar-refractivity contribution in [2.75, 3.05) is 13.2 Å². The van der Waals surface area contributed by atoms with Crippen molar-refractivity contribution >= 4 is 5.78 Å². The van der Waals surface area contributed by atoms with E-state index in [0.29, 0.717) is 36.7 Å². The Morgan fingerprint density at radius 2 is 1.79 bits per heavy atom. The number of aliphatic hydroxyl groups is 1. The van der Waals surface area contributed by atoms with Gasteiger partial charge in [0.05, 0.1) is 13.2 Å². The van der Waals surface area contributed by atoms with E-state index in [1.165, 1.54) is 0 Å². The van der Waals surface area contributed by atoms with Gasteiger partial charge in [0.25, 0.3) is 0 Å². The van der Waals surface area contributed by atoms with Crippen molar-refractivity contribution in [3.8, 4) is 11.5 Å². The third kappa shape index (κ3) is 4.24. The van der Waals surface area contributed by atoms with Crippen LogP contribution in [0.3, 0.4) is 0 Å². The van der Waals surface area contributed by atoms with Crippen molar-refractivity contribution in [2.45, 2.75) is 39.7 Å². The number of Topliss-reactive ketones (excluding diaryl/α,β-unsaturated/α-hetero) is 1. The van der Waals surface area contributed by atoms with E-state index >= 15 is 0 Å². The van der Waals surface area contributed by atoms with Crippen LogP contribution in [0.2, 0.25) is 0 Å². The van der Waals surface area contributed by atoms with Crippen LogP contribution in [0.15, 0.2) is 18.2 Å². The molecule has 0 spiro atoms. The molecule has 0 fully saturated rings. The lowest BCUT2D eigenvalue weighted by Gasteiger charge is -2.13. The van der Waals surface area contributed by atoms with Gasteiger partial charge in [0.2, 0.25) is 0 Å². The van der Waals surface area contributed by atoms with Crippen molar-refractivity contribution < 1.29 is 19.4 Å². The fourth-order valence-corrected chi connectivity index (χ4v) is 1.80. The molecule has 0 amide bonds. The Labute approximate surface area is 114 Å². The molecule has 1 rings (SSSR count). The van der Waals surface area contributed by atoms with Gasteiger partial charge in [-0.05, 0) is 38.5 Å². The second-order valence-corrected chi connectivity index (χ2v) is 4.20. The summed E-state index contributed by atoms with van der Waals surface area (Å²) >= 11 is 0. The zero-order valence-corrected chi connectivity index (χ0v) is 11.8. The summed E-state index contributed by atoms with van der Waals surface area (Å²) in [6.07, 6.45) is 0.288. The summed E-state index contributed by atoms with van der Waals surface area (Å²) in [5.74, 6) is 0.885. The first-order valence-electron chi connectivity index (χ1n) is 6.75. The molecule has 1 aromatic carbocycles. The second kappa shape index (κ2) is 7.79. The molecule has 0 bridgehead atoms. The number of hydrogen-bond donors (Lipinski definition) is 1. The predicted molar refractivity (Wildman–Crippen MR) is 74.0 cm³/mol. The van der Waals surface area contributed by atoms with Gasteiger partial charge in [-0.2, -0.15) is 0 Å². The third-order valence-corrected chi connectivity index (χ3v) is 2.69. The van der Waals surface area contributed by atoms with Crippen LogP contribution in [0.4, 0.5) is 0 Å². The Morgan fingerprint density at radius 3 is 2.37 bits per heavy atom. The Balaban J connectivity index is 2.96. The van der Waals surface area contributed by atoms with E-state index in [1.54, 1.807) is 18.2 Å². The van der Waals surface area contributed by atoms with Crippen LogP contribution in [-0.4, -0.2) is 30.2 Å². The van der Waals surface area contributed by atoms with Gasteiger partial charge in [0, 0.05) is 5.56 Å². The number of aliphatic hydroxyl groups excluding tert-OH is 1. The molecule has 1 N–H and O–H groups in total. The molecule has 1 unspecified atom stereocenters. The van der Waals surface area contributed by atoms with E-state index in [1.807, 2.05) is 20.8 Å². The topological polar surface area (TPSA) is 55.8 Å². The first kappa shape index (κ1) is 15.5. The number of carbonyl (C=O) groups excluding carboxylic acids is 1. The number of hydrogen-bond acceptors (Lipinski definition) is 4. The summed E-state index contributed by atoms with van der Waals surface area (Å²) in [4.78, 5) is 12.0. The van der Waals surface area contributed by atoms with Gasteiger partial charge < -0.3 is 14.6 Å². The molecule has 0 saturated heterocycles. The maximum Gasteiger partial charge on any atom is 0.191 e. The monoisotopic (exact) mass is 266 g/mol. The van der Waals surface area contributed by atoms with Gasteiger partial charge in [-0.15, -0.1) is 0 Å². The Kier molecular flexibility index (Phi) is 6.36.